The molecule has 0 saturated carbocycles. The molecule has 0 spiro atoms. The van der Waals surface area contributed by atoms with E-state index >= 15 is 0 Å². The first-order chi connectivity index (χ1) is 8.11. The van der Waals surface area contributed by atoms with Crippen LogP contribution in [0.3, 0.4) is 0 Å². The lowest BCUT2D eigenvalue weighted by Crippen LogP contribution is -2.23. The van der Waals surface area contributed by atoms with Gasteiger partial charge in [-0.2, -0.15) is 0 Å². The third-order valence-electron chi connectivity index (χ3n) is 2.90. The Morgan fingerprint density at radius 2 is 2.18 bits per heavy atom. The van der Waals surface area contributed by atoms with Gasteiger partial charge in [-0.1, -0.05) is 18.2 Å². The highest BCUT2D eigenvalue weighted by molar-refractivity contribution is 6.04. The number of anilines is 1. The number of hydrogen-bond acceptors (Lipinski definition) is 3. The van der Waals surface area contributed by atoms with E-state index in [1.54, 1.807) is 11.9 Å². The second kappa shape index (κ2) is 4.37. The van der Waals surface area contributed by atoms with E-state index in [-0.39, 0.29) is 11.8 Å². The minimum Gasteiger partial charge on any atom is -0.315 e. The Morgan fingerprint density at radius 3 is 2.88 bits per heavy atom. The lowest BCUT2D eigenvalue weighted by molar-refractivity contribution is -0.402. The lowest BCUT2D eigenvalue weighted by Gasteiger charge is -2.09. The van der Waals surface area contributed by atoms with Gasteiger partial charge in [0.25, 0.3) is 0 Å². The Morgan fingerprint density at radius 1 is 1.47 bits per heavy atom. The molecule has 1 aromatic rings. The predicted molar refractivity (Wildman–Crippen MR) is 63.3 cm³/mol. The number of amides is 1. The summed E-state index contributed by atoms with van der Waals surface area (Å²) in [7, 11) is 1.72. The number of likely N-dealkylation sites (N-methyl/N-ethyl adjacent to an activating group) is 1. The van der Waals surface area contributed by atoms with Crippen LogP contribution >= 0.6 is 0 Å². The van der Waals surface area contributed by atoms with Gasteiger partial charge >= 0.3 is 0 Å². The summed E-state index contributed by atoms with van der Waals surface area (Å²) >= 11 is 0. The van der Waals surface area contributed by atoms with E-state index in [1.165, 1.54) is 6.08 Å². The van der Waals surface area contributed by atoms with Crippen molar-refractivity contribution < 1.29 is 9.72 Å². The standard InChI is InChI=1S/C12H12N2O3/c1-13-11-7-3-2-5-9(11)10(12(13)15)6-4-8-14(16)17/h2-5,7-8,10H,6H2,1H3/b8-4+. The molecule has 0 fully saturated rings. The van der Waals surface area contributed by atoms with Crippen LogP contribution in [0.4, 0.5) is 5.69 Å². The van der Waals surface area contributed by atoms with Crippen molar-refractivity contribution in [2.75, 3.05) is 11.9 Å². The van der Waals surface area contributed by atoms with E-state index < -0.39 is 4.92 Å². The summed E-state index contributed by atoms with van der Waals surface area (Å²) in [5, 5.41) is 10.2. The number of para-hydroxylation sites is 1. The normalized spacial score (nSPS) is 18.8. The maximum absolute atomic E-state index is 12.0. The van der Waals surface area contributed by atoms with Crippen molar-refractivity contribution in [3.63, 3.8) is 0 Å². The largest absolute Gasteiger partial charge is 0.315 e. The number of nitro groups is 1. The Labute approximate surface area is 98.5 Å². The summed E-state index contributed by atoms with van der Waals surface area (Å²) in [6.07, 6.45) is 2.67. The van der Waals surface area contributed by atoms with Gasteiger partial charge in [-0.3, -0.25) is 14.9 Å². The Bertz CT molecular complexity index is 496. The maximum atomic E-state index is 12.0. The fourth-order valence-corrected chi connectivity index (χ4v) is 2.08. The van der Waals surface area contributed by atoms with Crippen LogP contribution in [0.2, 0.25) is 0 Å². The number of nitrogens with zero attached hydrogens (tertiary/aromatic N) is 2. The zero-order valence-corrected chi connectivity index (χ0v) is 9.37. The van der Waals surface area contributed by atoms with E-state index in [2.05, 4.69) is 0 Å². The molecule has 1 heterocycles. The third-order valence-corrected chi connectivity index (χ3v) is 2.90. The van der Waals surface area contributed by atoms with Gasteiger partial charge in [0.2, 0.25) is 12.1 Å². The number of hydrogen-bond donors (Lipinski definition) is 0. The van der Waals surface area contributed by atoms with Gasteiger partial charge in [0.1, 0.15) is 0 Å². The van der Waals surface area contributed by atoms with Crippen molar-refractivity contribution >= 4 is 11.6 Å². The van der Waals surface area contributed by atoms with Gasteiger partial charge in [0, 0.05) is 12.7 Å². The van der Waals surface area contributed by atoms with E-state index in [0.717, 1.165) is 17.5 Å². The van der Waals surface area contributed by atoms with E-state index in [9.17, 15) is 14.9 Å². The highest BCUT2D eigenvalue weighted by atomic mass is 16.6. The molecule has 1 aromatic carbocycles. The fraction of sp³-hybridized carbons (Fsp3) is 0.250. The fourth-order valence-electron chi connectivity index (χ4n) is 2.08. The molecule has 1 aliphatic rings. The van der Waals surface area contributed by atoms with Crippen molar-refractivity contribution in [1.82, 2.24) is 0 Å². The number of carbonyl (C=O) groups is 1. The molecule has 0 radical (unpaired) electrons. The van der Waals surface area contributed by atoms with Gasteiger partial charge in [-0.25, -0.2) is 0 Å². The number of carbonyl (C=O) groups excluding carboxylic acids is 1. The maximum Gasteiger partial charge on any atom is 0.234 e. The van der Waals surface area contributed by atoms with E-state index in [4.69, 9.17) is 0 Å². The van der Waals surface area contributed by atoms with Crippen LogP contribution in [0.5, 0.6) is 0 Å². The average molecular weight is 232 g/mol. The van der Waals surface area contributed by atoms with Crippen LogP contribution in [0.1, 0.15) is 17.9 Å². The third kappa shape index (κ3) is 2.04. The Kier molecular flexibility index (Phi) is 2.91. The highest BCUT2D eigenvalue weighted by Gasteiger charge is 2.33. The number of benzene rings is 1. The van der Waals surface area contributed by atoms with Gasteiger partial charge in [-0.05, 0) is 24.1 Å². The molecule has 0 bridgehead atoms. The van der Waals surface area contributed by atoms with Gasteiger partial charge < -0.3 is 4.90 Å². The smallest absolute Gasteiger partial charge is 0.234 e. The molecule has 0 aliphatic carbocycles. The van der Waals surface area contributed by atoms with Crippen molar-refractivity contribution in [3.8, 4) is 0 Å². The molecule has 1 atom stereocenters. The topological polar surface area (TPSA) is 63.5 Å². The minimum atomic E-state index is -0.519. The summed E-state index contributed by atoms with van der Waals surface area (Å²) in [5.41, 5.74) is 1.82. The van der Waals surface area contributed by atoms with Crippen LogP contribution in [-0.2, 0) is 4.79 Å². The summed E-state index contributed by atoms with van der Waals surface area (Å²) in [6, 6.07) is 7.51. The zero-order valence-electron chi connectivity index (χ0n) is 9.37. The van der Waals surface area contributed by atoms with Crippen molar-refractivity contribution in [3.05, 3.63) is 52.2 Å². The van der Waals surface area contributed by atoms with Crippen LogP contribution in [0.15, 0.2) is 36.5 Å². The zero-order chi connectivity index (χ0) is 12.4. The molecule has 1 unspecified atom stereocenters. The van der Waals surface area contributed by atoms with E-state index in [1.807, 2.05) is 24.3 Å². The van der Waals surface area contributed by atoms with Crippen molar-refractivity contribution in [2.24, 2.45) is 0 Å². The monoisotopic (exact) mass is 232 g/mol. The van der Waals surface area contributed by atoms with Crippen molar-refractivity contribution in [2.45, 2.75) is 12.3 Å². The number of fused-ring (bicyclic) bond motifs is 1. The summed E-state index contributed by atoms with van der Waals surface area (Å²) in [4.78, 5) is 23.2. The van der Waals surface area contributed by atoms with Gasteiger partial charge in [-0.15, -0.1) is 0 Å². The number of allylic oxidation sites excluding steroid dienone is 1. The molecule has 17 heavy (non-hydrogen) atoms. The van der Waals surface area contributed by atoms with Crippen LogP contribution in [-0.4, -0.2) is 17.9 Å². The molecule has 0 N–H and O–H groups in total. The minimum absolute atomic E-state index is 0.0146. The SMILES string of the molecule is CN1C(=O)C(C/C=C/[N+](=O)[O-])c2ccccc21. The summed E-state index contributed by atoms with van der Waals surface area (Å²) in [5.74, 6) is -0.313. The lowest BCUT2D eigenvalue weighted by atomic mass is 9.97. The second-order valence-corrected chi connectivity index (χ2v) is 3.91. The first-order valence-corrected chi connectivity index (χ1v) is 5.28. The molecule has 88 valence electrons. The molecule has 1 amide bonds. The van der Waals surface area contributed by atoms with Crippen LogP contribution < -0.4 is 4.90 Å². The Balaban J connectivity index is 2.24. The van der Waals surface area contributed by atoms with Crippen LogP contribution in [0.25, 0.3) is 0 Å². The molecule has 2 rings (SSSR count). The second-order valence-electron chi connectivity index (χ2n) is 3.91. The van der Waals surface area contributed by atoms with Crippen molar-refractivity contribution in [1.29, 1.82) is 0 Å². The molecular weight excluding hydrogens is 220 g/mol. The van der Waals surface area contributed by atoms with E-state index in [0.29, 0.717) is 6.42 Å². The molecule has 5 nitrogen and oxygen atoms in total. The Hall–Kier alpha value is -2.17. The molecule has 1 aliphatic heterocycles. The predicted octanol–water partition coefficient (Wildman–Crippen LogP) is 1.93. The highest BCUT2D eigenvalue weighted by Crippen LogP contribution is 2.37. The molecule has 0 aromatic heterocycles. The average Bonchev–Trinajstić information content (AvgIpc) is 2.54. The molecular formula is C12H12N2O3. The summed E-state index contributed by atoms with van der Waals surface area (Å²) in [6.45, 7) is 0. The van der Waals surface area contributed by atoms with Crippen LogP contribution in [0, 0.1) is 10.1 Å². The first-order valence-electron chi connectivity index (χ1n) is 5.28. The quantitative estimate of drug-likeness (QED) is 0.590. The molecule has 5 heteroatoms. The van der Waals surface area contributed by atoms with Gasteiger partial charge in [0.05, 0.1) is 10.8 Å². The first kappa shape index (κ1) is 11.3. The molecule has 0 saturated heterocycles. The summed E-state index contributed by atoms with van der Waals surface area (Å²) < 4.78 is 0. The number of rotatable bonds is 3. The van der Waals surface area contributed by atoms with Gasteiger partial charge in [0.15, 0.2) is 0 Å².